The Hall–Kier alpha value is -2.13. The van der Waals surface area contributed by atoms with E-state index in [1.807, 2.05) is 0 Å². The van der Waals surface area contributed by atoms with Gasteiger partial charge in [-0.05, 0) is 62.5 Å². The SMILES string of the molecule is [Ni].c1ccc(C[C@H]2N=C(CC3=N[C@H](Cc4ccccc4)C4(CCC4)O3)OC23CCC3)cc1. The van der Waals surface area contributed by atoms with E-state index in [1.165, 1.54) is 24.0 Å². The van der Waals surface area contributed by atoms with Crippen LogP contribution in [0.15, 0.2) is 70.6 Å². The van der Waals surface area contributed by atoms with Crippen molar-refractivity contribution in [3.63, 3.8) is 0 Å². The minimum Gasteiger partial charge on any atom is -0.472 e. The quantitative estimate of drug-likeness (QED) is 0.535. The molecular formula is C27H30N2NiO2. The van der Waals surface area contributed by atoms with Crippen molar-refractivity contribution in [3.8, 4) is 0 Å². The van der Waals surface area contributed by atoms with Gasteiger partial charge in [0, 0.05) is 16.5 Å². The molecule has 170 valence electrons. The van der Waals surface area contributed by atoms with Gasteiger partial charge in [-0.2, -0.15) is 0 Å². The Morgan fingerprint density at radius 1 is 0.656 bits per heavy atom. The average molecular weight is 473 g/mol. The Morgan fingerprint density at radius 3 is 1.41 bits per heavy atom. The first kappa shape index (κ1) is 21.7. The smallest absolute Gasteiger partial charge is 0.193 e. The Balaban J connectivity index is 0.00000216. The van der Waals surface area contributed by atoms with E-state index < -0.39 is 0 Å². The molecule has 4 nitrogen and oxygen atoms in total. The van der Waals surface area contributed by atoms with Gasteiger partial charge in [0.25, 0.3) is 0 Å². The van der Waals surface area contributed by atoms with Gasteiger partial charge in [0.1, 0.15) is 11.2 Å². The van der Waals surface area contributed by atoms with Gasteiger partial charge >= 0.3 is 0 Å². The van der Waals surface area contributed by atoms with Gasteiger partial charge in [-0.25, -0.2) is 9.98 Å². The zero-order chi connectivity index (χ0) is 20.7. The fourth-order valence-corrected chi connectivity index (χ4v) is 5.59. The summed E-state index contributed by atoms with van der Waals surface area (Å²) in [4.78, 5) is 10.1. The van der Waals surface area contributed by atoms with E-state index in [4.69, 9.17) is 19.5 Å². The molecule has 0 bridgehead atoms. The number of rotatable bonds is 6. The van der Waals surface area contributed by atoms with E-state index in [-0.39, 0.29) is 39.8 Å². The molecule has 2 atom stereocenters. The van der Waals surface area contributed by atoms with Crippen LogP contribution < -0.4 is 0 Å². The van der Waals surface area contributed by atoms with Crippen molar-refractivity contribution in [1.29, 1.82) is 0 Å². The Labute approximate surface area is 200 Å². The van der Waals surface area contributed by atoms with E-state index in [9.17, 15) is 0 Å². The van der Waals surface area contributed by atoms with Crippen LogP contribution in [0.5, 0.6) is 0 Å². The molecule has 5 heteroatoms. The van der Waals surface area contributed by atoms with Crippen molar-refractivity contribution in [2.75, 3.05) is 0 Å². The maximum Gasteiger partial charge on any atom is 0.193 e. The molecule has 0 N–H and O–H groups in total. The second kappa shape index (κ2) is 8.67. The molecule has 2 aliphatic carbocycles. The fraction of sp³-hybridized carbons (Fsp3) is 0.481. The average Bonchev–Trinajstić information content (AvgIpc) is 3.28. The normalized spacial score (nSPS) is 26.2. The van der Waals surface area contributed by atoms with E-state index in [1.54, 1.807) is 0 Å². The van der Waals surface area contributed by atoms with Crippen LogP contribution in [0.4, 0.5) is 0 Å². The number of aliphatic imine (C=N–C) groups is 2. The fourth-order valence-electron chi connectivity index (χ4n) is 5.59. The van der Waals surface area contributed by atoms with Crippen molar-refractivity contribution in [2.45, 2.75) is 81.1 Å². The van der Waals surface area contributed by atoms with Gasteiger partial charge in [0.05, 0.1) is 18.5 Å². The first-order chi connectivity index (χ1) is 15.2. The van der Waals surface area contributed by atoms with Gasteiger partial charge in [-0.1, -0.05) is 60.7 Å². The largest absolute Gasteiger partial charge is 0.472 e. The summed E-state index contributed by atoms with van der Waals surface area (Å²) in [6.07, 6.45) is 9.35. The summed E-state index contributed by atoms with van der Waals surface area (Å²) in [6, 6.07) is 21.8. The third-order valence-corrected chi connectivity index (χ3v) is 7.70. The number of ether oxygens (including phenoxy) is 2. The van der Waals surface area contributed by atoms with Crippen LogP contribution in [0.3, 0.4) is 0 Å². The summed E-state index contributed by atoms with van der Waals surface area (Å²) < 4.78 is 13.0. The van der Waals surface area contributed by atoms with E-state index in [2.05, 4.69) is 60.7 Å². The minimum absolute atomic E-state index is 0. The third-order valence-electron chi connectivity index (χ3n) is 7.70. The molecule has 0 saturated heterocycles. The summed E-state index contributed by atoms with van der Waals surface area (Å²) in [5.41, 5.74) is 2.47. The Bertz CT molecular complexity index is 915. The van der Waals surface area contributed by atoms with Crippen LogP contribution in [0.1, 0.15) is 56.1 Å². The predicted molar refractivity (Wildman–Crippen MR) is 123 cm³/mol. The number of hydrogen-bond donors (Lipinski definition) is 0. The number of hydrogen-bond acceptors (Lipinski definition) is 4. The second-order valence-corrected chi connectivity index (χ2v) is 9.67. The van der Waals surface area contributed by atoms with Crippen molar-refractivity contribution in [3.05, 3.63) is 71.8 Å². The van der Waals surface area contributed by atoms with Crippen molar-refractivity contribution >= 4 is 11.8 Å². The molecule has 2 spiro atoms. The second-order valence-electron chi connectivity index (χ2n) is 9.67. The molecule has 6 rings (SSSR count). The molecule has 0 aromatic heterocycles. The Morgan fingerprint density at radius 2 is 1.06 bits per heavy atom. The van der Waals surface area contributed by atoms with E-state index >= 15 is 0 Å². The predicted octanol–water partition coefficient (Wildman–Crippen LogP) is 5.30. The first-order valence-electron chi connectivity index (χ1n) is 11.8. The summed E-state index contributed by atoms with van der Waals surface area (Å²) in [5.74, 6) is 1.66. The van der Waals surface area contributed by atoms with Crippen LogP contribution >= 0.6 is 0 Å². The topological polar surface area (TPSA) is 43.2 Å². The summed E-state index contributed by atoms with van der Waals surface area (Å²) in [6.45, 7) is 0. The zero-order valence-electron chi connectivity index (χ0n) is 18.3. The maximum absolute atomic E-state index is 6.49. The van der Waals surface area contributed by atoms with E-state index in [0.717, 1.165) is 50.3 Å². The molecular weight excluding hydrogens is 443 g/mol. The van der Waals surface area contributed by atoms with Gasteiger partial charge in [0.2, 0.25) is 0 Å². The molecule has 2 heterocycles. The molecule has 0 radical (unpaired) electrons. The maximum atomic E-state index is 6.49. The van der Waals surface area contributed by atoms with Gasteiger partial charge < -0.3 is 9.47 Å². The third kappa shape index (κ3) is 3.90. The van der Waals surface area contributed by atoms with Crippen molar-refractivity contribution < 1.29 is 26.0 Å². The first-order valence-corrected chi connectivity index (χ1v) is 11.8. The molecule has 4 aliphatic rings. The summed E-state index contributed by atoms with van der Waals surface area (Å²) in [5, 5.41) is 0. The Kier molecular flexibility index (Phi) is 5.88. The zero-order valence-corrected chi connectivity index (χ0v) is 19.3. The molecule has 0 amide bonds. The molecule has 2 aliphatic heterocycles. The summed E-state index contributed by atoms with van der Waals surface area (Å²) in [7, 11) is 0. The van der Waals surface area contributed by atoms with Gasteiger partial charge in [0.15, 0.2) is 11.8 Å². The van der Waals surface area contributed by atoms with Crippen LogP contribution in [0, 0.1) is 0 Å². The van der Waals surface area contributed by atoms with Crippen LogP contribution in [0.2, 0.25) is 0 Å². The monoisotopic (exact) mass is 472 g/mol. The van der Waals surface area contributed by atoms with Crippen molar-refractivity contribution in [1.82, 2.24) is 0 Å². The molecule has 2 saturated carbocycles. The number of nitrogens with zero attached hydrogens (tertiary/aromatic N) is 2. The minimum atomic E-state index is -0.0953. The molecule has 32 heavy (non-hydrogen) atoms. The standard InChI is InChI=1S/C27H30N2O2.Ni/c1-3-9-20(10-4-1)17-22-26(13-7-14-26)30-24(28-22)19-25-29-23(27(31-25)15-8-16-27)18-21-11-5-2-6-12-21;/h1-6,9-12,22-23H,7-8,13-19H2;/t22-,23-;/m1./s1. The van der Waals surface area contributed by atoms with E-state index in [0.29, 0.717) is 6.42 Å². The van der Waals surface area contributed by atoms with Crippen LogP contribution in [-0.4, -0.2) is 35.1 Å². The van der Waals surface area contributed by atoms with Gasteiger partial charge in [-0.3, -0.25) is 0 Å². The molecule has 2 aromatic rings. The molecule has 2 fully saturated rings. The molecule has 0 unspecified atom stereocenters. The van der Waals surface area contributed by atoms with Crippen molar-refractivity contribution in [2.24, 2.45) is 9.98 Å². The summed E-state index contributed by atoms with van der Waals surface area (Å²) >= 11 is 0. The number of benzene rings is 2. The van der Waals surface area contributed by atoms with Crippen LogP contribution in [0.25, 0.3) is 0 Å². The van der Waals surface area contributed by atoms with Crippen LogP contribution in [-0.2, 0) is 38.8 Å². The van der Waals surface area contributed by atoms with Gasteiger partial charge in [-0.15, -0.1) is 0 Å². The molecule has 2 aromatic carbocycles.